The van der Waals surface area contributed by atoms with Crippen LogP contribution in [0.1, 0.15) is 79.3 Å². The van der Waals surface area contributed by atoms with Crippen molar-refractivity contribution in [1.29, 1.82) is 0 Å². The Bertz CT molecular complexity index is 1360. The Hall–Kier alpha value is -3.52. The Balaban J connectivity index is 0.00000103. The maximum atomic E-state index is 11.4. The molecule has 2 fully saturated rings. The van der Waals surface area contributed by atoms with E-state index in [0.29, 0.717) is 90.3 Å². The number of aromatic nitrogens is 2. The molecule has 3 heterocycles. The zero-order valence-electron chi connectivity index (χ0n) is 30.2. The standard InChI is InChI=1S/C32H46N4O8.C6H10/c1-32(2)10-9-28-29(21-32)44-18-14-36(23-25-6-4-8-27(34-25)31(39)40)12-16-42-20-19-41-15-11-35(13-17-43-28)22-24-5-3-7-26(33-24)30(37)38;1-3-5-6-4-2/h3-8,28-29H,9-23H2,1-2H3,(H,37,38)(H,39,40);3-6H,1-2H3/b;5-3-,6-4-. The second-order valence-corrected chi connectivity index (χ2v) is 13.2. The van der Waals surface area contributed by atoms with E-state index in [-0.39, 0.29) is 29.0 Å². The number of fused-ring (bicyclic) bond motifs is 1. The predicted octanol–water partition coefficient (Wildman–Crippen LogP) is 5.34. The molecule has 276 valence electrons. The Labute approximate surface area is 297 Å². The highest BCUT2D eigenvalue weighted by Gasteiger charge is 2.36. The smallest absolute Gasteiger partial charge is 0.354 e. The molecule has 50 heavy (non-hydrogen) atoms. The molecule has 1 aliphatic heterocycles. The molecular formula is C38H56N4O8. The van der Waals surface area contributed by atoms with Gasteiger partial charge in [-0.25, -0.2) is 19.6 Å². The number of hydrogen-bond donors (Lipinski definition) is 2. The van der Waals surface area contributed by atoms with Crippen molar-refractivity contribution in [2.24, 2.45) is 5.41 Å². The summed E-state index contributed by atoms with van der Waals surface area (Å²) in [6, 6.07) is 10.1. The number of carboxylic acid groups (broad SMARTS) is 2. The topological polar surface area (TPSA) is 144 Å². The van der Waals surface area contributed by atoms with Crippen LogP contribution in [0.5, 0.6) is 0 Å². The number of carbonyl (C=O) groups is 2. The monoisotopic (exact) mass is 696 g/mol. The highest BCUT2D eigenvalue weighted by atomic mass is 16.5. The van der Waals surface area contributed by atoms with Gasteiger partial charge < -0.3 is 29.2 Å². The van der Waals surface area contributed by atoms with Crippen LogP contribution in [-0.2, 0) is 32.0 Å². The molecule has 0 aromatic carbocycles. The van der Waals surface area contributed by atoms with Crippen molar-refractivity contribution in [3.05, 3.63) is 83.5 Å². The Kier molecular flexibility index (Phi) is 18.3. The van der Waals surface area contributed by atoms with Crippen LogP contribution in [0.2, 0.25) is 0 Å². The van der Waals surface area contributed by atoms with E-state index in [1.165, 1.54) is 12.1 Å². The normalized spacial score (nSPS) is 22.2. The minimum absolute atomic E-state index is 0.0285. The number of hydrogen-bond acceptors (Lipinski definition) is 10. The first kappa shape index (κ1) is 40.9. The fourth-order valence-corrected chi connectivity index (χ4v) is 5.82. The average Bonchev–Trinajstić information content (AvgIpc) is 3.09. The van der Waals surface area contributed by atoms with Crippen LogP contribution in [0.3, 0.4) is 0 Å². The highest BCUT2D eigenvalue weighted by molar-refractivity contribution is 5.85. The van der Waals surface area contributed by atoms with Crippen LogP contribution < -0.4 is 0 Å². The van der Waals surface area contributed by atoms with Crippen LogP contribution in [0.4, 0.5) is 0 Å². The summed E-state index contributed by atoms with van der Waals surface area (Å²) in [5.41, 5.74) is 1.58. The predicted molar refractivity (Wildman–Crippen MR) is 191 cm³/mol. The van der Waals surface area contributed by atoms with Gasteiger partial charge in [0, 0.05) is 39.3 Å². The first-order valence-electron chi connectivity index (χ1n) is 17.6. The molecule has 0 bridgehead atoms. The lowest BCUT2D eigenvalue weighted by Crippen LogP contribution is -2.43. The van der Waals surface area contributed by atoms with Crippen molar-refractivity contribution in [2.75, 3.05) is 65.8 Å². The largest absolute Gasteiger partial charge is 0.477 e. The molecule has 2 aromatic rings. The van der Waals surface area contributed by atoms with E-state index in [1.807, 2.05) is 50.3 Å². The number of nitrogens with zero attached hydrogens (tertiary/aromatic N) is 4. The van der Waals surface area contributed by atoms with Crippen molar-refractivity contribution in [2.45, 2.75) is 72.3 Å². The Morgan fingerprint density at radius 1 is 0.740 bits per heavy atom. The van der Waals surface area contributed by atoms with Crippen molar-refractivity contribution < 1.29 is 38.7 Å². The minimum Gasteiger partial charge on any atom is -0.477 e. The number of carboxylic acids is 2. The lowest BCUT2D eigenvalue weighted by molar-refractivity contribution is -0.120. The zero-order chi connectivity index (χ0) is 36.2. The third-order valence-corrected chi connectivity index (χ3v) is 8.55. The van der Waals surface area contributed by atoms with Crippen LogP contribution in [-0.4, -0.2) is 120 Å². The van der Waals surface area contributed by atoms with Crippen molar-refractivity contribution in [3.8, 4) is 0 Å². The molecule has 2 aliphatic rings. The number of allylic oxidation sites excluding steroid dienone is 4. The van der Waals surface area contributed by atoms with E-state index < -0.39 is 11.9 Å². The van der Waals surface area contributed by atoms with Crippen molar-refractivity contribution >= 4 is 11.9 Å². The first-order chi connectivity index (χ1) is 24.1. The van der Waals surface area contributed by atoms with Crippen molar-refractivity contribution in [1.82, 2.24) is 19.8 Å². The summed E-state index contributed by atoms with van der Waals surface area (Å²) >= 11 is 0. The van der Waals surface area contributed by atoms with E-state index >= 15 is 0 Å². The molecule has 1 saturated carbocycles. The van der Waals surface area contributed by atoms with Gasteiger partial charge in [-0.1, -0.05) is 50.3 Å². The van der Waals surface area contributed by atoms with Gasteiger partial charge in [0.2, 0.25) is 0 Å². The van der Waals surface area contributed by atoms with Gasteiger partial charge in [-0.2, -0.15) is 0 Å². The van der Waals surface area contributed by atoms with Gasteiger partial charge in [-0.05, 0) is 62.8 Å². The van der Waals surface area contributed by atoms with Crippen LogP contribution in [0.25, 0.3) is 0 Å². The van der Waals surface area contributed by atoms with Crippen LogP contribution in [0.15, 0.2) is 60.7 Å². The summed E-state index contributed by atoms with van der Waals surface area (Å²) < 4.78 is 24.7. The molecule has 12 heteroatoms. The van der Waals surface area contributed by atoms with E-state index in [0.717, 1.165) is 19.3 Å². The molecule has 1 saturated heterocycles. The summed E-state index contributed by atoms with van der Waals surface area (Å²) in [6.45, 7) is 14.9. The molecule has 0 spiro atoms. The Morgan fingerprint density at radius 3 is 1.66 bits per heavy atom. The van der Waals surface area contributed by atoms with Gasteiger partial charge in [0.1, 0.15) is 11.4 Å². The van der Waals surface area contributed by atoms with Gasteiger partial charge in [-0.15, -0.1) is 0 Å². The third kappa shape index (κ3) is 15.6. The first-order valence-corrected chi connectivity index (χ1v) is 17.6. The lowest BCUT2D eigenvalue weighted by atomic mass is 9.75. The summed E-state index contributed by atoms with van der Waals surface area (Å²) in [5, 5.41) is 18.7. The maximum absolute atomic E-state index is 11.4. The highest BCUT2D eigenvalue weighted by Crippen LogP contribution is 2.38. The van der Waals surface area contributed by atoms with Crippen LogP contribution >= 0.6 is 0 Å². The van der Waals surface area contributed by atoms with E-state index in [2.05, 4.69) is 33.6 Å². The van der Waals surface area contributed by atoms with E-state index in [9.17, 15) is 19.8 Å². The number of pyridine rings is 2. The lowest BCUT2D eigenvalue weighted by Gasteiger charge is -2.40. The van der Waals surface area contributed by atoms with E-state index in [4.69, 9.17) is 18.9 Å². The molecule has 2 unspecified atom stereocenters. The fraction of sp³-hybridized carbons (Fsp3) is 0.579. The number of rotatable bonds is 7. The second-order valence-electron chi connectivity index (χ2n) is 13.2. The third-order valence-electron chi connectivity index (χ3n) is 8.55. The molecule has 4 rings (SSSR count). The van der Waals surface area contributed by atoms with E-state index in [1.54, 1.807) is 12.1 Å². The fourth-order valence-electron chi connectivity index (χ4n) is 5.82. The molecule has 12 nitrogen and oxygen atoms in total. The quantitative estimate of drug-likeness (QED) is 0.361. The summed E-state index contributed by atoms with van der Waals surface area (Å²) in [5.74, 6) is -2.09. The molecular weight excluding hydrogens is 640 g/mol. The molecule has 2 atom stereocenters. The molecule has 1 aliphatic carbocycles. The maximum Gasteiger partial charge on any atom is 0.354 e. The SMILES string of the molecule is C/C=C\C=C/C.CC1(C)CCC2OCCN(Cc3cccc(C(=O)O)n3)CCOCCOCCN(Cc3cccc(C(=O)O)n3)CCOC2C1. The van der Waals surface area contributed by atoms with Gasteiger partial charge in [0.05, 0.1) is 63.2 Å². The molecule has 0 radical (unpaired) electrons. The zero-order valence-corrected chi connectivity index (χ0v) is 30.2. The summed E-state index contributed by atoms with van der Waals surface area (Å²) in [7, 11) is 0. The van der Waals surface area contributed by atoms with Gasteiger partial charge >= 0.3 is 11.9 Å². The van der Waals surface area contributed by atoms with Gasteiger partial charge in [0.15, 0.2) is 0 Å². The van der Waals surface area contributed by atoms with Crippen molar-refractivity contribution in [3.63, 3.8) is 0 Å². The number of aromatic carboxylic acids is 2. The summed E-state index contributed by atoms with van der Waals surface area (Å²) in [4.78, 5) is 35.8. The minimum atomic E-state index is -1.05. The second kappa shape index (κ2) is 22.3. The summed E-state index contributed by atoms with van der Waals surface area (Å²) in [6.07, 6.45) is 10.8. The molecule has 2 aromatic heterocycles. The number of ether oxygens (including phenoxy) is 4. The van der Waals surface area contributed by atoms with Gasteiger partial charge in [-0.3, -0.25) is 9.80 Å². The molecule has 0 amide bonds. The molecule has 2 N–H and O–H groups in total. The van der Waals surface area contributed by atoms with Crippen LogP contribution in [0, 0.1) is 5.41 Å². The average molecular weight is 697 g/mol. The Morgan fingerprint density at radius 2 is 1.20 bits per heavy atom. The van der Waals surface area contributed by atoms with Gasteiger partial charge in [0.25, 0.3) is 0 Å².